The maximum atomic E-state index is 10.5. The summed E-state index contributed by atoms with van der Waals surface area (Å²) in [5.74, 6) is 0.626. The van der Waals surface area contributed by atoms with Crippen LogP contribution in [0.15, 0.2) is 65.7 Å². The van der Waals surface area contributed by atoms with Gasteiger partial charge < -0.3 is 5.11 Å². The van der Waals surface area contributed by atoms with E-state index in [4.69, 9.17) is 0 Å². The van der Waals surface area contributed by atoms with Crippen molar-refractivity contribution in [3.05, 3.63) is 71.9 Å². The summed E-state index contributed by atoms with van der Waals surface area (Å²) in [5.41, 5.74) is 3.03. The van der Waals surface area contributed by atoms with Gasteiger partial charge >= 0.3 is 0 Å². The summed E-state index contributed by atoms with van der Waals surface area (Å²) in [6.07, 6.45) is 1.25. The summed E-state index contributed by atoms with van der Waals surface area (Å²) >= 11 is 1.68. The van der Waals surface area contributed by atoms with Crippen LogP contribution in [0.1, 0.15) is 17.2 Å². The van der Waals surface area contributed by atoms with E-state index in [2.05, 4.69) is 24.0 Å². The second-order valence-electron chi connectivity index (χ2n) is 5.01. The Balaban J connectivity index is 1.81. The molecule has 1 heterocycles. The maximum Gasteiger partial charge on any atom is 0.0904 e. The van der Waals surface area contributed by atoms with Crippen LogP contribution >= 0.6 is 11.8 Å². The summed E-state index contributed by atoms with van der Waals surface area (Å²) in [7, 11) is 0. The van der Waals surface area contributed by atoms with Crippen molar-refractivity contribution in [1.82, 2.24) is 4.98 Å². The van der Waals surface area contributed by atoms with Crippen LogP contribution in [0.2, 0.25) is 0 Å². The zero-order chi connectivity index (χ0) is 14.7. The highest BCUT2D eigenvalue weighted by Crippen LogP contribution is 2.29. The molecule has 21 heavy (non-hydrogen) atoms. The van der Waals surface area contributed by atoms with Gasteiger partial charge in [-0.2, -0.15) is 0 Å². The zero-order valence-electron chi connectivity index (χ0n) is 11.9. The number of aliphatic hydroxyl groups excluding tert-OH is 1. The average Bonchev–Trinajstić information content (AvgIpc) is 2.53. The SMILES string of the molecule is Cc1ccccc1SCC(O)c1cccc2cccnc12. The number of pyridine rings is 1. The van der Waals surface area contributed by atoms with Crippen molar-refractivity contribution in [2.24, 2.45) is 0 Å². The minimum Gasteiger partial charge on any atom is -0.387 e. The predicted molar refractivity (Wildman–Crippen MR) is 88.6 cm³/mol. The summed E-state index contributed by atoms with van der Waals surface area (Å²) < 4.78 is 0. The Kier molecular flexibility index (Phi) is 4.23. The van der Waals surface area contributed by atoms with E-state index in [1.807, 2.05) is 42.5 Å². The molecule has 3 aromatic rings. The van der Waals surface area contributed by atoms with E-state index in [1.165, 1.54) is 10.5 Å². The maximum absolute atomic E-state index is 10.5. The van der Waals surface area contributed by atoms with Crippen molar-refractivity contribution >= 4 is 22.7 Å². The molecule has 0 aliphatic heterocycles. The Hall–Kier alpha value is -1.84. The first kappa shape index (κ1) is 14.1. The number of hydrogen-bond donors (Lipinski definition) is 1. The van der Waals surface area contributed by atoms with Gasteiger partial charge in [-0.3, -0.25) is 4.98 Å². The molecule has 0 radical (unpaired) electrons. The molecule has 1 N–H and O–H groups in total. The topological polar surface area (TPSA) is 33.1 Å². The highest BCUT2D eigenvalue weighted by molar-refractivity contribution is 7.99. The molecule has 2 aromatic carbocycles. The van der Waals surface area contributed by atoms with Crippen LogP contribution in [-0.4, -0.2) is 15.8 Å². The molecule has 1 unspecified atom stereocenters. The Labute approximate surface area is 128 Å². The fourth-order valence-electron chi connectivity index (χ4n) is 2.37. The van der Waals surface area contributed by atoms with Crippen molar-refractivity contribution in [2.75, 3.05) is 5.75 Å². The normalized spacial score (nSPS) is 12.5. The number of benzene rings is 2. The van der Waals surface area contributed by atoms with E-state index in [0.29, 0.717) is 5.75 Å². The first-order chi connectivity index (χ1) is 10.3. The van der Waals surface area contributed by atoms with Crippen molar-refractivity contribution in [1.29, 1.82) is 0 Å². The van der Waals surface area contributed by atoms with Crippen LogP contribution < -0.4 is 0 Å². The van der Waals surface area contributed by atoms with Crippen molar-refractivity contribution in [3.63, 3.8) is 0 Å². The minimum atomic E-state index is -0.520. The van der Waals surface area contributed by atoms with E-state index < -0.39 is 6.10 Å². The number of hydrogen-bond acceptors (Lipinski definition) is 3. The number of para-hydroxylation sites is 1. The van der Waals surface area contributed by atoms with Crippen molar-refractivity contribution < 1.29 is 5.11 Å². The van der Waals surface area contributed by atoms with Gasteiger partial charge in [-0.15, -0.1) is 11.8 Å². The highest BCUT2D eigenvalue weighted by Gasteiger charge is 2.12. The van der Waals surface area contributed by atoms with Crippen LogP contribution in [0.5, 0.6) is 0 Å². The number of fused-ring (bicyclic) bond motifs is 1. The van der Waals surface area contributed by atoms with Gasteiger partial charge in [0.05, 0.1) is 11.6 Å². The summed E-state index contributed by atoms with van der Waals surface area (Å²) in [4.78, 5) is 5.62. The Bertz CT molecular complexity index is 752. The van der Waals surface area contributed by atoms with Gasteiger partial charge in [0.1, 0.15) is 0 Å². The van der Waals surface area contributed by atoms with E-state index in [1.54, 1.807) is 18.0 Å². The molecule has 3 rings (SSSR count). The predicted octanol–water partition coefficient (Wildman–Crippen LogP) is 4.37. The highest BCUT2D eigenvalue weighted by atomic mass is 32.2. The lowest BCUT2D eigenvalue weighted by molar-refractivity contribution is 0.205. The van der Waals surface area contributed by atoms with Crippen molar-refractivity contribution in [3.8, 4) is 0 Å². The number of aryl methyl sites for hydroxylation is 1. The van der Waals surface area contributed by atoms with E-state index in [-0.39, 0.29) is 0 Å². The molecule has 0 spiro atoms. The number of rotatable bonds is 4. The van der Waals surface area contributed by atoms with Crippen LogP contribution in [0.4, 0.5) is 0 Å². The molecule has 0 bridgehead atoms. The standard InChI is InChI=1S/C18H17NOS/c1-13-6-2-3-10-17(13)21-12-16(20)15-9-4-7-14-8-5-11-19-18(14)15/h2-11,16,20H,12H2,1H3. The van der Waals surface area contributed by atoms with Gasteiger partial charge in [0.2, 0.25) is 0 Å². The van der Waals surface area contributed by atoms with Gasteiger partial charge in [0, 0.05) is 27.8 Å². The molecular formula is C18H17NOS. The van der Waals surface area contributed by atoms with Crippen molar-refractivity contribution in [2.45, 2.75) is 17.9 Å². The fraction of sp³-hybridized carbons (Fsp3) is 0.167. The smallest absolute Gasteiger partial charge is 0.0904 e. The average molecular weight is 295 g/mol. The molecule has 0 amide bonds. The number of nitrogens with zero attached hydrogens (tertiary/aromatic N) is 1. The fourth-order valence-corrected chi connectivity index (χ4v) is 3.36. The lowest BCUT2D eigenvalue weighted by Crippen LogP contribution is -2.02. The van der Waals surface area contributed by atoms with E-state index in [0.717, 1.165) is 16.5 Å². The lowest BCUT2D eigenvalue weighted by Gasteiger charge is -2.13. The zero-order valence-corrected chi connectivity index (χ0v) is 12.7. The molecule has 0 aliphatic carbocycles. The van der Waals surface area contributed by atoms with Crippen LogP contribution in [0.3, 0.4) is 0 Å². The quantitative estimate of drug-likeness (QED) is 0.726. The first-order valence-corrected chi connectivity index (χ1v) is 7.94. The van der Waals surface area contributed by atoms with Gasteiger partial charge in [0.15, 0.2) is 0 Å². The largest absolute Gasteiger partial charge is 0.387 e. The Morgan fingerprint density at radius 1 is 1.05 bits per heavy atom. The number of thioether (sulfide) groups is 1. The third kappa shape index (κ3) is 3.09. The summed E-state index contributed by atoms with van der Waals surface area (Å²) in [5, 5.41) is 11.6. The van der Waals surface area contributed by atoms with Crippen LogP contribution in [0.25, 0.3) is 10.9 Å². The minimum absolute atomic E-state index is 0.520. The molecule has 2 nitrogen and oxygen atoms in total. The molecule has 1 atom stereocenters. The van der Waals surface area contributed by atoms with Gasteiger partial charge in [-0.25, -0.2) is 0 Å². The molecule has 1 aromatic heterocycles. The van der Waals surface area contributed by atoms with Gasteiger partial charge in [-0.05, 0) is 24.6 Å². The monoisotopic (exact) mass is 295 g/mol. The molecule has 106 valence electrons. The van der Waals surface area contributed by atoms with E-state index >= 15 is 0 Å². The molecular weight excluding hydrogens is 278 g/mol. The van der Waals surface area contributed by atoms with Crippen LogP contribution in [-0.2, 0) is 0 Å². The Morgan fingerprint density at radius 3 is 2.71 bits per heavy atom. The lowest BCUT2D eigenvalue weighted by atomic mass is 10.1. The number of aromatic nitrogens is 1. The first-order valence-electron chi connectivity index (χ1n) is 6.96. The molecule has 0 saturated heterocycles. The Morgan fingerprint density at radius 2 is 1.86 bits per heavy atom. The van der Waals surface area contributed by atoms with Gasteiger partial charge in [-0.1, -0.05) is 42.5 Å². The molecule has 0 saturated carbocycles. The third-order valence-electron chi connectivity index (χ3n) is 3.51. The number of aliphatic hydroxyl groups is 1. The molecule has 0 aliphatic rings. The molecule has 0 fully saturated rings. The molecule has 3 heteroatoms. The summed E-state index contributed by atoms with van der Waals surface area (Å²) in [6.45, 7) is 2.09. The second kappa shape index (κ2) is 6.29. The second-order valence-corrected chi connectivity index (χ2v) is 6.08. The van der Waals surface area contributed by atoms with Crippen LogP contribution in [0, 0.1) is 6.92 Å². The summed E-state index contributed by atoms with van der Waals surface area (Å²) in [6, 6.07) is 18.1. The van der Waals surface area contributed by atoms with Gasteiger partial charge in [0.25, 0.3) is 0 Å². The third-order valence-corrected chi connectivity index (χ3v) is 4.76. The van der Waals surface area contributed by atoms with E-state index in [9.17, 15) is 5.11 Å².